The molecule has 7 nitrogen and oxygen atoms in total. The molecular weight excluding hydrogens is 360 g/mol. The first kappa shape index (κ1) is 17.0. The van der Waals surface area contributed by atoms with Crippen LogP contribution in [0.1, 0.15) is 16.6 Å². The molecule has 0 saturated carbocycles. The predicted octanol–water partition coefficient (Wildman–Crippen LogP) is 2.70. The Balaban J connectivity index is 1.49. The summed E-state index contributed by atoms with van der Waals surface area (Å²) in [7, 11) is 0. The van der Waals surface area contributed by atoms with Crippen LogP contribution in [0.15, 0.2) is 72.2 Å². The molecule has 2 aromatic carbocycles. The van der Waals surface area contributed by atoms with Gasteiger partial charge < -0.3 is 5.32 Å². The van der Waals surface area contributed by atoms with E-state index in [9.17, 15) is 4.79 Å². The first-order valence-corrected chi connectivity index (χ1v) is 9.24. The summed E-state index contributed by atoms with van der Waals surface area (Å²) in [5, 5.41) is 18.0. The van der Waals surface area contributed by atoms with Crippen LogP contribution in [0.3, 0.4) is 0 Å². The second kappa shape index (κ2) is 7.88. The molecule has 0 aliphatic rings. The zero-order valence-electron chi connectivity index (χ0n) is 14.3. The summed E-state index contributed by atoms with van der Waals surface area (Å²) in [6.07, 6.45) is 1.73. The van der Waals surface area contributed by atoms with Crippen molar-refractivity contribution < 1.29 is 4.79 Å². The van der Waals surface area contributed by atoms with E-state index in [2.05, 4.69) is 25.7 Å². The van der Waals surface area contributed by atoms with Gasteiger partial charge in [0.05, 0.1) is 0 Å². The molecule has 0 aliphatic carbocycles. The van der Waals surface area contributed by atoms with Crippen LogP contribution in [-0.4, -0.2) is 31.1 Å². The summed E-state index contributed by atoms with van der Waals surface area (Å²) in [5.74, 6) is 0.277. The zero-order chi connectivity index (χ0) is 18.5. The monoisotopic (exact) mass is 376 g/mol. The van der Waals surface area contributed by atoms with Gasteiger partial charge in [0, 0.05) is 17.1 Å². The van der Waals surface area contributed by atoms with Gasteiger partial charge in [-0.2, -0.15) is 4.80 Å². The van der Waals surface area contributed by atoms with E-state index in [0.717, 1.165) is 16.1 Å². The molecule has 0 radical (unpaired) electrons. The van der Waals surface area contributed by atoms with Gasteiger partial charge in [-0.15, -0.1) is 21.5 Å². The normalized spacial score (nSPS) is 11.9. The predicted molar refractivity (Wildman–Crippen MR) is 102 cm³/mol. The minimum Gasteiger partial charge on any atom is -0.341 e. The molecule has 8 heteroatoms. The van der Waals surface area contributed by atoms with Crippen molar-refractivity contribution >= 4 is 17.2 Å². The SMILES string of the molecule is O=C(Cn1nnc(-c2ccccc2)n1)NC(c1ccccc1)c1nccs1. The second-order valence-corrected chi connectivity index (χ2v) is 6.72. The van der Waals surface area contributed by atoms with Crippen LogP contribution >= 0.6 is 11.3 Å². The van der Waals surface area contributed by atoms with E-state index < -0.39 is 0 Å². The van der Waals surface area contributed by atoms with Gasteiger partial charge in [0.15, 0.2) is 0 Å². The first-order valence-electron chi connectivity index (χ1n) is 8.36. The van der Waals surface area contributed by atoms with Gasteiger partial charge in [0.1, 0.15) is 17.6 Å². The molecule has 1 N–H and O–H groups in total. The van der Waals surface area contributed by atoms with Crippen molar-refractivity contribution in [2.75, 3.05) is 0 Å². The smallest absolute Gasteiger partial charge is 0.244 e. The number of carbonyl (C=O) groups excluding carboxylic acids is 1. The average molecular weight is 376 g/mol. The molecule has 2 heterocycles. The van der Waals surface area contributed by atoms with Crippen molar-refractivity contribution in [3.05, 3.63) is 82.8 Å². The molecule has 1 amide bonds. The number of nitrogens with one attached hydrogen (secondary N) is 1. The maximum absolute atomic E-state index is 12.6. The highest BCUT2D eigenvalue weighted by atomic mass is 32.1. The summed E-state index contributed by atoms with van der Waals surface area (Å²) in [5.41, 5.74) is 1.83. The van der Waals surface area contributed by atoms with Crippen LogP contribution in [0.5, 0.6) is 0 Å². The Kier molecular flexibility index (Phi) is 4.97. The lowest BCUT2D eigenvalue weighted by Gasteiger charge is -2.16. The van der Waals surface area contributed by atoms with E-state index in [-0.39, 0.29) is 18.5 Å². The summed E-state index contributed by atoms with van der Waals surface area (Å²) >= 11 is 1.50. The maximum atomic E-state index is 12.6. The van der Waals surface area contributed by atoms with Crippen LogP contribution < -0.4 is 5.32 Å². The second-order valence-electron chi connectivity index (χ2n) is 5.79. The summed E-state index contributed by atoms with van der Waals surface area (Å²) in [6.45, 7) is -0.0193. The van der Waals surface area contributed by atoms with Gasteiger partial charge >= 0.3 is 0 Å². The lowest BCUT2D eigenvalue weighted by molar-refractivity contribution is -0.122. The van der Waals surface area contributed by atoms with Gasteiger partial charge in [0.25, 0.3) is 0 Å². The third-order valence-electron chi connectivity index (χ3n) is 3.91. The number of rotatable bonds is 6. The Hall–Kier alpha value is -3.39. The Morgan fingerprint density at radius 2 is 1.81 bits per heavy atom. The largest absolute Gasteiger partial charge is 0.341 e. The Morgan fingerprint density at radius 1 is 1.07 bits per heavy atom. The molecule has 0 bridgehead atoms. The van der Waals surface area contributed by atoms with Crippen molar-refractivity contribution in [1.82, 2.24) is 30.5 Å². The number of aromatic nitrogens is 5. The molecule has 0 spiro atoms. The Labute approximate surface area is 159 Å². The van der Waals surface area contributed by atoms with Gasteiger partial charge in [-0.25, -0.2) is 4.98 Å². The molecule has 0 aliphatic heterocycles. The average Bonchev–Trinajstić information content (AvgIpc) is 3.40. The van der Waals surface area contributed by atoms with Crippen molar-refractivity contribution in [2.45, 2.75) is 12.6 Å². The van der Waals surface area contributed by atoms with Crippen LogP contribution in [0, 0.1) is 0 Å². The van der Waals surface area contributed by atoms with E-state index in [4.69, 9.17) is 0 Å². The van der Waals surface area contributed by atoms with Crippen LogP contribution in [-0.2, 0) is 11.3 Å². The van der Waals surface area contributed by atoms with Crippen molar-refractivity contribution in [3.8, 4) is 11.4 Å². The van der Waals surface area contributed by atoms with Gasteiger partial charge in [-0.1, -0.05) is 60.7 Å². The van der Waals surface area contributed by atoms with Gasteiger partial charge in [-0.3, -0.25) is 4.79 Å². The lowest BCUT2D eigenvalue weighted by Crippen LogP contribution is -2.32. The van der Waals surface area contributed by atoms with E-state index in [1.165, 1.54) is 16.1 Å². The standard InChI is InChI=1S/C19H16N6OS/c26-16(13-25-23-18(22-24-25)15-9-5-2-6-10-15)21-17(19-20-11-12-27-19)14-7-3-1-4-8-14/h1-12,17H,13H2,(H,21,26). The van der Waals surface area contributed by atoms with E-state index in [1.807, 2.05) is 66.0 Å². The summed E-state index contributed by atoms with van der Waals surface area (Å²) < 4.78 is 0. The van der Waals surface area contributed by atoms with Crippen LogP contribution in [0.2, 0.25) is 0 Å². The third-order valence-corrected chi connectivity index (χ3v) is 4.75. The maximum Gasteiger partial charge on any atom is 0.244 e. The van der Waals surface area contributed by atoms with Gasteiger partial charge in [-0.05, 0) is 10.8 Å². The number of hydrogen-bond acceptors (Lipinski definition) is 6. The Bertz CT molecular complexity index is 1000. The van der Waals surface area contributed by atoms with Crippen molar-refractivity contribution in [2.24, 2.45) is 0 Å². The van der Waals surface area contributed by atoms with Crippen molar-refractivity contribution in [3.63, 3.8) is 0 Å². The fourth-order valence-electron chi connectivity index (χ4n) is 2.66. The molecule has 0 fully saturated rings. The molecule has 4 rings (SSSR count). The number of thiazole rings is 1. The topological polar surface area (TPSA) is 85.6 Å². The van der Waals surface area contributed by atoms with Gasteiger partial charge in [0.2, 0.25) is 11.7 Å². The van der Waals surface area contributed by atoms with Crippen molar-refractivity contribution in [1.29, 1.82) is 0 Å². The molecular formula is C19H16N6OS. The van der Waals surface area contributed by atoms with E-state index in [0.29, 0.717) is 5.82 Å². The van der Waals surface area contributed by atoms with Crippen LogP contribution in [0.25, 0.3) is 11.4 Å². The quantitative estimate of drug-likeness (QED) is 0.559. The fourth-order valence-corrected chi connectivity index (χ4v) is 3.37. The Morgan fingerprint density at radius 3 is 2.52 bits per heavy atom. The molecule has 2 aromatic heterocycles. The highest BCUT2D eigenvalue weighted by Crippen LogP contribution is 2.23. The third kappa shape index (κ3) is 4.06. The van der Waals surface area contributed by atoms with E-state index in [1.54, 1.807) is 6.20 Å². The number of amides is 1. The molecule has 1 atom stereocenters. The highest BCUT2D eigenvalue weighted by molar-refractivity contribution is 7.09. The molecule has 134 valence electrons. The van der Waals surface area contributed by atoms with Crippen LogP contribution in [0.4, 0.5) is 0 Å². The fraction of sp³-hybridized carbons (Fsp3) is 0.105. The highest BCUT2D eigenvalue weighted by Gasteiger charge is 2.20. The number of benzene rings is 2. The number of tetrazole rings is 1. The minimum atomic E-state index is -0.309. The van der Waals surface area contributed by atoms with E-state index >= 15 is 0 Å². The molecule has 27 heavy (non-hydrogen) atoms. The lowest BCUT2D eigenvalue weighted by atomic mass is 10.1. The minimum absolute atomic E-state index is 0.0193. The number of nitrogens with zero attached hydrogens (tertiary/aromatic N) is 5. The summed E-state index contributed by atoms with van der Waals surface area (Å²) in [6, 6.07) is 19.0. The molecule has 0 saturated heterocycles. The zero-order valence-corrected chi connectivity index (χ0v) is 15.1. The molecule has 4 aromatic rings. The number of hydrogen-bond donors (Lipinski definition) is 1. The number of carbonyl (C=O) groups is 1. The first-order chi connectivity index (χ1) is 13.3. The summed E-state index contributed by atoms with van der Waals surface area (Å²) in [4.78, 5) is 18.2. The molecule has 1 unspecified atom stereocenters.